The number of hydrogen-bond donors (Lipinski definition) is 1. The highest BCUT2D eigenvalue weighted by atomic mass is 35.5. The molecule has 1 heterocycles. The quantitative estimate of drug-likeness (QED) is 0.852. The zero-order valence-corrected chi connectivity index (χ0v) is 11.2. The van der Waals surface area contributed by atoms with Crippen LogP contribution >= 0.6 is 11.6 Å². The van der Waals surface area contributed by atoms with E-state index >= 15 is 0 Å². The molecule has 0 saturated carbocycles. The fourth-order valence-electron chi connectivity index (χ4n) is 1.48. The summed E-state index contributed by atoms with van der Waals surface area (Å²) < 4.78 is 5.04. The van der Waals surface area contributed by atoms with E-state index in [-0.39, 0.29) is 5.92 Å². The van der Waals surface area contributed by atoms with Gasteiger partial charge in [0.2, 0.25) is 0 Å². The lowest BCUT2D eigenvalue weighted by molar-refractivity contribution is 0.0272. The number of aromatic nitrogens is 1. The second kappa shape index (κ2) is 5.35. The Bertz CT molecular complexity index is 457. The molecule has 0 bridgehead atoms. The molecule has 1 unspecified atom stereocenters. The van der Waals surface area contributed by atoms with E-state index in [2.05, 4.69) is 4.98 Å². The van der Waals surface area contributed by atoms with Crippen LogP contribution in [0.3, 0.4) is 0 Å². The molecule has 0 aliphatic rings. The van der Waals surface area contributed by atoms with Crippen LogP contribution in [0.2, 0.25) is 0 Å². The molecule has 0 aliphatic carbocycles. The number of carbonyl (C=O) groups excluding carboxylic acids is 2. The van der Waals surface area contributed by atoms with Gasteiger partial charge in [-0.1, -0.05) is 6.92 Å². The zero-order valence-electron chi connectivity index (χ0n) is 10.4. The molecular weight excluding hydrogens is 256 g/mol. The zero-order chi connectivity index (χ0) is 13.9. The van der Waals surface area contributed by atoms with Gasteiger partial charge in [0.25, 0.3) is 5.24 Å². The molecule has 0 radical (unpaired) electrons. The van der Waals surface area contributed by atoms with Crippen molar-refractivity contribution in [2.24, 2.45) is 5.73 Å². The molecule has 1 amide bonds. The van der Waals surface area contributed by atoms with Crippen LogP contribution in [0.5, 0.6) is 0 Å². The fourth-order valence-corrected chi connectivity index (χ4v) is 1.59. The van der Waals surface area contributed by atoms with E-state index in [4.69, 9.17) is 22.1 Å². The normalized spacial score (nSPS) is 12.9. The summed E-state index contributed by atoms with van der Waals surface area (Å²) in [4.78, 5) is 25.9. The Morgan fingerprint density at radius 3 is 2.44 bits per heavy atom. The van der Waals surface area contributed by atoms with Gasteiger partial charge in [0.05, 0.1) is 5.56 Å². The van der Waals surface area contributed by atoms with Gasteiger partial charge in [-0.3, -0.25) is 9.78 Å². The molecule has 0 aromatic carbocycles. The molecule has 2 N–H and O–H groups in total. The molecule has 0 saturated heterocycles. The van der Waals surface area contributed by atoms with Crippen molar-refractivity contribution in [3.05, 3.63) is 29.6 Å². The van der Waals surface area contributed by atoms with Gasteiger partial charge in [-0.15, -0.1) is 0 Å². The van der Waals surface area contributed by atoms with Gasteiger partial charge in [-0.25, -0.2) is 4.79 Å². The van der Waals surface area contributed by atoms with E-state index in [0.717, 1.165) is 0 Å². The second-order valence-corrected chi connectivity index (χ2v) is 4.83. The van der Waals surface area contributed by atoms with Gasteiger partial charge < -0.3 is 10.5 Å². The Hall–Kier alpha value is -1.62. The van der Waals surface area contributed by atoms with Crippen molar-refractivity contribution in [2.45, 2.75) is 32.3 Å². The molecule has 5 nitrogen and oxygen atoms in total. The molecule has 0 fully saturated rings. The Kier molecular flexibility index (Phi) is 4.29. The average Bonchev–Trinajstić information content (AvgIpc) is 2.26. The molecule has 1 aromatic heterocycles. The van der Waals surface area contributed by atoms with Crippen molar-refractivity contribution < 1.29 is 14.3 Å². The first kappa shape index (κ1) is 14.4. The Morgan fingerprint density at radius 1 is 1.44 bits per heavy atom. The third kappa shape index (κ3) is 3.43. The van der Waals surface area contributed by atoms with Crippen molar-refractivity contribution in [2.75, 3.05) is 0 Å². The van der Waals surface area contributed by atoms with Gasteiger partial charge in [0.15, 0.2) is 0 Å². The van der Waals surface area contributed by atoms with Crippen LogP contribution in [-0.2, 0) is 4.74 Å². The maximum atomic E-state index is 10.9. The first-order chi connectivity index (χ1) is 8.24. The minimum atomic E-state index is -0.834. The molecule has 1 aromatic rings. The minimum absolute atomic E-state index is 0.176. The summed E-state index contributed by atoms with van der Waals surface area (Å²) in [5, 5.41) is -0.561. The second-order valence-electron chi connectivity index (χ2n) is 4.49. The monoisotopic (exact) mass is 270 g/mol. The highest BCUT2D eigenvalue weighted by Crippen LogP contribution is 2.29. The largest absolute Gasteiger partial charge is 0.443 e. The SMILES string of the molecule is CC(c1ccc(C(=O)Cl)cn1)C(C)(C)OC(N)=O. The number of nitrogens with two attached hydrogens (primary N) is 1. The number of primary amides is 1. The first-order valence-electron chi connectivity index (χ1n) is 5.38. The molecule has 1 rings (SSSR count). The summed E-state index contributed by atoms with van der Waals surface area (Å²) in [6.45, 7) is 5.34. The number of nitrogens with zero attached hydrogens (tertiary/aromatic N) is 1. The molecule has 98 valence electrons. The Labute approximate surface area is 110 Å². The molecule has 0 aliphatic heterocycles. The third-order valence-corrected chi connectivity index (χ3v) is 3.08. The number of carbonyl (C=O) groups is 2. The molecule has 6 heteroatoms. The molecular formula is C12H15ClN2O3. The van der Waals surface area contributed by atoms with Crippen molar-refractivity contribution in [3.63, 3.8) is 0 Å². The minimum Gasteiger partial charge on any atom is -0.443 e. The lowest BCUT2D eigenvalue weighted by Crippen LogP contribution is -2.36. The van der Waals surface area contributed by atoms with Crippen LogP contribution in [0.4, 0.5) is 4.79 Å². The van der Waals surface area contributed by atoms with Gasteiger partial charge >= 0.3 is 6.09 Å². The van der Waals surface area contributed by atoms with E-state index in [9.17, 15) is 9.59 Å². The summed E-state index contributed by atoms with van der Waals surface area (Å²) in [7, 11) is 0. The number of pyridine rings is 1. The van der Waals surface area contributed by atoms with Gasteiger partial charge in [-0.05, 0) is 37.6 Å². The number of halogens is 1. The summed E-state index contributed by atoms with van der Waals surface area (Å²) >= 11 is 5.33. The van der Waals surface area contributed by atoms with E-state index < -0.39 is 16.9 Å². The van der Waals surface area contributed by atoms with E-state index in [1.165, 1.54) is 6.20 Å². The maximum Gasteiger partial charge on any atom is 0.405 e. The number of ether oxygens (including phenoxy) is 1. The number of rotatable bonds is 4. The standard InChI is InChI=1S/C12H15ClN2O3/c1-7(12(2,3)18-11(14)17)9-5-4-8(6-15-9)10(13)16/h4-7H,1-3H3,(H2,14,17). The van der Waals surface area contributed by atoms with E-state index in [0.29, 0.717) is 11.3 Å². The van der Waals surface area contributed by atoms with Crippen LogP contribution in [0.25, 0.3) is 0 Å². The topological polar surface area (TPSA) is 82.3 Å². The van der Waals surface area contributed by atoms with Gasteiger partial charge in [0.1, 0.15) is 5.60 Å². The molecule has 18 heavy (non-hydrogen) atoms. The fraction of sp³-hybridized carbons (Fsp3) is 0.417. The van der Waals surface area contributed by atoms with Crippen LogP contribution in [0.1, 0.15) is 42.7 Å². The molecule has 1 atom stereocenters. The lowest BCUT2D eigenvalue weighted by atomic mass is 9.89. The van der Waals surface area contributed by atoms with E-state index in [1.54, 1.807) is 26.0 Å². The molecule has 0 spiro atoms. The van der Waals surface area contributed by atoms with Crippen LogP contribution in [0, 0.1) is 0 Å². The van der Waals surface area contributed by atoms with Crippen LogP contribution in [0.15, 0.2) is 18.3 Å². The Morgan fingerprint density at radius 2 is 2.06 bits per heavy atom. The van der Waals surface area contributed by atoms with Crippen molar-refractivity contribution in [1.82, 2.24) is 4.98 Å². The predicted octanol–water partition coefficient (Wildman–Crippen LogP) is 2.44. The summed E-state index contributed by atoms with van der Waals surface area (Å²) in [5.74, 6) is -0.176. The van der Waals surface area contributed by atoms with Crippen LogP contribution < -0.4 is 5.73 Å². The van der Waals surface area contributed by atoms with Gasteiger partial charge in [-0.2, -0.15) is 0 Å². The Balaban J connectivity index is 2.93. The first-order valence-corrected chi connectivity index (χ1v) is 5.76. The van der Waals surface area contributed by atoms with Crippen molar-refractivity contribution in [3.8, 4) is 0 Å². The number of hydrogen-bond acceptors (Lipinski definition) is 4. The average molecular weight is 271 g/mol. The summed E-state index contributed by atoms with van der Waals surface area (Å²) in [6, 6.07) is 3.25. The smallest absolute Gasteiger partial charge is 0.405 e. The third-order valence-electron chi connectivity index (χ3n) is 2.86. The lowest BCUT2D eigenvalue weighted by Gasteiger charge is -2.30. The van der Waals surface area contributed by atoms with E-state index in [1.807, 2.05) is 6.92 Å². The maximum absolute atomic E-state index is 10.9. The summed E-state index contributed by atoms with van der Waals surface area (Å²) in [5.41, 5.74) is 5.23. The highest BCUT2D eigenvalue weighted by Gasteiger charge is 2.31. The highest BCUT2D eigenvalue weighted by molar-refractivity contribution is 6.67. The summed E-state index contributed by atoms with van der Waals surface area (Å²) in [6.07, 6.45) is 0.557. The van der Waals surface area contributed by atoms with Crippen LogP contribution in [-0.4, -0.2) is 21.9 Å². The van der Waals surface area contributed by atoms with Gasteiger partial charge in [0, 0.05) is 17.8 Å². The number of amides is 1. The predicted molar refractivity (Wildman–Crippen MR) is 67.6 cm³/mol. The van der Waals surface area contributed by atoms with Crippen molar-refractivity contribution >= 4 is 22.9 Å². The van der Waals surface area contributed by atoms with Crippen molar-refractivity contribution in [1.29, 1.82) is 0 Å².